The summed E-state index contributed by atoms with van der Waals surface area (Å²) in [6, 6.07) is 10.7. The topological polar surface area (TPSA) is 60.4 Å². The van der Waals surface area contributed by atoms with Crippen LogP contribution in [0.25, 0.3) is 16.9 Å². The number of nitro groups is 1. The van der Waals surface area contributed by atoms with Gasteiger partial charge in [0.05, 0.1) is 10.6 Å². The fraction of sp³-hybridized carbons (Fsp3) is 0.0714. The summed E-state index contributed by atoms with van der Waals surface area (Å²) in [5.41, 5.74) is 3.78. The molecule has 0 spiro atoms. The van der Waals surface area contributed by atoms with Crippen molar-refractivity contribution in [2.45, 2.75) is 6.92 Å². The summed E-state index contributed by atoms with van der Waals surface area (Å²) in [6.45, 7) is 1.87. The molecule has 3 rings (SSSR count). The fourth-order valence-electron chi connectivity index (χ4n) is 2.22. The second kappa shape index (κ2) is 4.20. The van der Waals surface area contributed by atoms with E-state index in [1.165, 1.54) is 6.07 Å². The second-order valence-electron chi connectivity index (χ2n) is 4.32. The lowest BCUT2D eigenvalue weighted by molar-refractivity contribution is -0.384. The maximum absolute atomic E-state index is 10.8. The number of imidazole rings is 1. The van der Waals surface area contributed by atoms with Crippen molar-refractivity contribution in [1.82, 2.24) is 9.38 Å². The normalized spacial score (nSPS) is 10.8. The van der Waals surface area contributed by atoms with Crippen molar-refractivity contribution in [1.29, 1.82) is 0 Å². The Morgan fingerprint density at radius 2 is 2.11 bits per heavy atom. The Bertz CT molecular complexity index is 777. The van der Waals surface area contributed by atoms with E-state index < -0.39 is 0 Å². The first-order valence-electron chi connectivity index (χ1n) is 5.84. The molecule has 0 saturated heterocycles. The van der Waals surface area contributed by atoms with Crippen LogP contribution in [0.1, 0.15) is 5.56 Å². The number of benzene rings is 1. The Balaban J connectivity index is 2.22. The maximum atomic E-state index is 10.8. The highest BCUT2D eigenvalue weighted by molar-refractivity contribution is 5.68. The quantitative estimate of drug-likeness (QED) is 0.520. The van der Waals surface area contributed by atoms with E-state index >= 15 is 0 Å². The van der Waals surface area contributed by atoms with Gasteiger partial charge in [0.25, 0.3) is 5.69 Å². The molecule has 1 aromatic carbocycles. The van der Waals surface area contributed by atoms with Crippen LogP contribution in [0.2, 0.25) is 0 Å². The van der Waals surface area contributed by atoms with Crippen molar-refractivity contribution in [2.24, 2.45) is 0 Å². The van der Waals surface area contributed by atoms with E-state index in [1.807, 2.05) is 35.7 Å². The monoisotopic (exact) mass is 253 g/mol. The van der Waals surface area contributed by atoms with Crippen LogP contribution in [0.4, 0.5) is 5.69 Å². The third-order valence-corrected chi connectivity index (χ3v) is 3.13. The molecule has 0 fully saturated rings. The van der Waals surface area contributed by atoms with Crippen molar-refractivity contribution < 1.29 is 4.92 Å². The molecule has 2 aromatic heterocycles. The van der Waals surface area contributed by atoms with Gasteiger partial charge in [-0.05, 0) is 30.7 Å². The molecule has 0 N–H and O–H groups in total. The van der Waals surface area contributed by atoms with E-state index in [1.54, 1.807) is 18.3 Å². The zero-order valence-corrected chi connectivity index (χ0v) is 10.3. The molecule has 0 saturated carbocycles. The van der Waals surface area contributed by atoms with Gasteiger partial charge in [-0.1, -0.05) is 6.07 Å². The zero-order valence-electron chi connectivity index (χ0n) is 10.3. The predicted molar refractivity (Wildman–Crippen MR) is 72.0 cm³/mol. The molecule has 0 aliphatic rings. The second-order valence-corrected chi connectivity index (χ2v) is 4.32. The van der Waals surface area contributed by atoms with E-state index in [-0.39, 0.29) is 10.6 Å². The van der Waals surface area contributed by atoms with Gasteiger partial charge in [-0.3, -0.25) is 14.5 Å². The van der Waals surface area contributed by atoms with Gasteiger partial charge in [-0.25, -0.2) is 4.98 Å². The molecule has 5 heteroatoms. The third kappa shape index (κ3) is 1.85. The van der Waals surface area contributed by atoms with Gasteiger partial charge >= 0.3 is 0 Å². The third-order valence-electron chi connectivity index (χ3n) is 3.13. The van der Waals surface area contributed by atoms with Crippen LogP contribution in [0, 0.1) is 17.0 Å². The average molecular weight is 253 g/mol. The number of aromatic nitrogens is 2. The molecule has 0 radical (unpaired) electrons. The predicted octanol–water partition coefficient (Wildman–Crippen LogP) is 3.22. The number of non-ortho nitro benzene ring substituents is 1. The molecule has 0 bridgehead atoms. The van der Waals surface area contributed by atoms with Crippen LogP contribution in [-0.2, 0) is 0 Å². The van der Waals surface area contributed by atoms with Crippen molar-refractivity contribution >= 4 is 11.3 Å². The van der Waals surface area contributed by atoms with E-state index in [0.717, 1.165) is 22.5 Å². The van der Waals surface area contributed by atoms with Crippen LogP contribution in [0.15, 0.2) is 48.8 Å². The van der Waals surface area contributed by atoms with Gasteiger partial charge in [-0.2, -0.15) is 0 Å². The molecular formula is C14H11N3O2. The summed E-state index contributed by atoms with van der Waals surface area (Å²) in [6.07, 6.45) is 3.62. The molecule has 0 unspecified atom stereocenters. The van der Waals surface area contributed by atoms with Gasteiger partial charge < -0.3 is 0 Å². The van der Waals surface area contributed by atoms with E-state index in [9.17, 15) is 10.1 Å². The maximum Gasteiger partial charge on any atom is 0.269 e. The number of pyridine rings is 1. The van der Waals surface area contributed by atoms with Gasteiger partial charge in [0, 0.05) is 30.1 Å². The molecule has 0 atom stereocenters. The van der Waals surface area contributed by atoms with Crippen molar-refractivity contribution in [3.8, 4) is 11.3 Å². The summed E-state index contributed by atoms with van der Waals surface area (Å²) < 4.78 is 1.97. The first-order chi connectivity index (χ1) is 9.16. The Labute approximate surface area is 109 Å². The summed E-state index contributed by atoms with van der Waals surface area (Å²) in [7, 11) is 0. The lowest BCUT2D eigenvalue weighted by atomic mass is 10.0. The first kappa shape index (κ1) is 11.4. The number of fused-ring (bicyclic) bond motifs is 1. The van der Waals surface area contributed by atoms with Crippen molar-refractivity contribution in [3.05, 3.63) is 64.5 Å². The SMILES string of the molecule is Cc1cc([N+](=O)[O-])ccc1-c1cccc2nccn12. The van der Waals surface area contributed by atoms with E-state index in [0.29, 0.717) is 0 Å². The lowest BCUT2D eigenvalue weighted by Crippen LogP contribution is -1.94. The van der Waals surface area contributed by atoms with Gasteiger partial charge in [0.1, 0.15) is 5.65 Å². The Morgan fingerprint density at radius 3 is 2.84 bits per heavy atom. The molecule has 94 valence electrons. The van der Waals surface area contributed by atoms with E-state index in [4.69, 9.17) is 0 Å². The minimum Gasteiger partial charge on any atom is -0.300 e. The highest BCUT2D eigenvalue weighted by Gasteiger charge is 2.11. The van der Waals surface area contributed by atoms with Crippen LogP contribution >= 0.6 is 0 Å². The highest BCUT2D eigenvalue weighted by Crippen LogP contribution is 2.27. The van der Waals surface area contributed by atoms with Crippen LogP contribution in [-0.4, -0.2) is 14.3 Å². The van der Waals surface area contributed by atoms with Gasteiger partial charge in [-0.15, -0.1) is 0 Å². The van der Waals surface area contributed by atoms with Crippen LogP contribution in [0.5, 0.6) is 0 Å². The summed E-state index contributed by atoms with van der Waals surface area (Å²) in [5.74, 6) is 0. The number of nitrogens with zero attached hydrogens (tertiary/aromatic N) is 3. The van der Waals surface area contributed by atoms with Crippen molar-refractivity contribution in [2.75, 3.05) is 0 Å². The smallest absolute Gasteiger partial charge is 0.269 e. The minimum atomic E-state index is -0.380. The van der Waals surface area contributed by atoms with Crippen molar-refractivity contribution in [3.63, 3.8) is 0 Å². The Hall–Kier alpha value is -2.69. The molecule has 2 heterocycles. The Morgan fingerprint density at radius 1 is 1.26 bits per heavy atom. The van der Waals surface area contributed by atoms with E-state index in [2.05, 4.69) is 4.98 Å². The zero-order chi connectivity index (χ0) is 13.4. The number of hydrogen-bond acceptors (Lipinski definition) is 3. The molecule has 3 aromatic rings. The van der Waals surface area contributed by atoms with Crippen LogP contribution < -0.4 is 0 Å². The molecule has 19 heavy (non-hydrogen) atoms. The lowest BCUT2D eigenvalue weighted by Gasteiger charge is -2.08. The van der Waals surface area contributed by atoms with Crippen LogP contribution in [0.3, 0.4) is 0 Å². The molecule has 0 aliphatic heterocycles. The number of rotatable bonds is 2. The number of aryl methyl sites for hydroxylation is 1. The standard InChI is InChI=1S/C14H11N3O2/c1-10-9-11(17(18)19)5-6-12(10)13-3-2-4-14-15-7-8-16(13)14/h2-9H,1H3. The molecule has 0 amide bonds. The largest absolute Gasteiger partial charge is 0.300 e. The van der Waals surface area contributed by atoms with Gasteiger partial charge in [0.15, 0.2) is 0 Å². The summed E-state index contributed by atoms with van der Waals surface area (Å²) in [5, 5.41) is 10.8. The summed E-state index contributed by atoms with van der Waals surface area (Å²) in [4.78, 5) is 14.6. The fourth-order valence-corrected chi connectivity index (χ4v) is 2.22. The highest BCUT2D eigenvalue weighted by atomic mass is 16.6. The summed E-state index contributed by atoms with van der Waals surface area (Å²) >= 11 is 0. The average Bonchev–Trinajstić information content (AvgIpc) is 2.86. The molecule has 0 aliphatic carbocycles. The number of nitro benzene ring substituents is 1. The first-order valence-corrected chi connectivity index (χ1v) is 5.84. The Kier molecular flexibility index (Phi) is 2.52. The minimum absolute atomic E-state index is 0.110. The number of hydrogen-bond donors (Lipinski definition) is 0. The van der Waals surface area contributed by atoms with Gasteiger partial charge in [0.2, 0.25) is 0 Å². The molecular weight excluding hydrogens is 242 g/mol. The molecule has 5 nitrogen and oxygen atoms in total.